The van der Waals surface area contributed by atoms with Gasteiger partial charge in [-0.05, 0) is 43.4 Å². The van der Waals surface area contributed by atoms with Gasteiger partial charge in [0.1, 0.15) is 11.9 Å². The van der Waals surface area contributed by atoms with Crippen molar-refractivity contribution in [2.75, 3.05) is 13.2 Å². The van der Waals surface area contributed by atoms with E-state index in [9.17, 15) is 9.18 Å². The summed E-state index contributed by atoms with van der Waals surface area (Å²) >= 11 is 11.8. The lowest BCUT2D eigenvalue weighted by molar-refractivity contribution is -0.139. The monoisotopic (exact) mass is 391 g/mol. The zero-order valence-corrected chi connectivity index (χ0v) is 16.2. The number of halogens is 3. The molecular formula is C18H24Cl2FNO3. The summed E-state index contributed by atoms with van der Waals surface area (Å²) in [6.07, 6.45) is 1.40. The maximum absolute atomic E-state index is 13.7. The summed E-state index contributed by atoms with van der Waals surface area (Å²) in [4.78, 5) is 12.6. The minimum Gasteiger partial charge on any atom is -0.376 e. The van der Waals surface area contributed by atoms with Gasteiger partial charge in [0.25, 0.3) is 0 Å². The molecule has 3 unspecified atom stereocenters. The summed E-state index contributed by atoms with van der Waals surface area (Å²) in [7, 11) is 0. The Balaban J connectivity index is 2.00. The average Bonchev–Trinajstić information content (AvgIpc) is 3.04. The van der Waals surface area contributed by atoms with Crippen LogP contribution < -0.4 is 5.32 Å². The molecular weight excluding hydrogens is 368 g/mol. The Morgan fingerprint density at radius 2 is 2.08 bits per heavy atom. The molecule has 0 bridgehead atoms. The number of rotatable bonds is 7. The summed E-state index contributed by atoms with van der Waals surface area (Å²) in [5, 5.41) is 3.10. The fraction of sp³-hybridized carbons (Fsp3) is 0.611. The van der Waals surface area contributed by atoms with Crippen LogP contribution in [0.1, 0.15) is 45.2 Å². The van der Waals surface area contributed by atoms with Gasteiger partial charge in [-0.15, -0.1) is 0 Å². The summed E-state index contributed by atoms with van der Waals surface area (Å²) in [6.45, 7) is 6.70. The summed E-state index contributed by atoms with van der Waals surface area (Å²) in [5.74, 6) is -0.838. The summed E-state index contributed by atoms with van der Waals surface area (Å²) in [6, 6.07) is 2.11. The van der Waals surface area contributed by atoms with Crippen LogP contribution in [0.4, 0.5) is 4.39 Å². The van der Waals surface area contributed by atoms with Crippen molar-refractivity contribution in [2.24, 2.45) is 5.92 Å². The number of hydrogen-bond acceptors (Lipinski definition) is 3. The van der Waals surface area contributed by atoms with Crippen molar-refractivity contribution in [3.63, 3.8) is 0 Å². The number of hydrogen-bond donors (Lipinski definition) is 1. The van der Waals surface area contributed by atoms with E-state index >= 15 is 0 Å². The van der Waals surface area contributed by atoms with E-state index in [4.69, 9.17) is 32.7 Å². The third kappa shape index (κ3) is 5.55. The van der Waals surface area contributed by atoms with Crippen LogP contribution in [0.3, 0.4) is 0 Å². The second kappa shape index (κ2) is 9.17. The smallest absolute Gasteiger partial charge is 0.249 e. The van der Waals surface area contributed by atoms with Crippen LogP contribution in [0.25, 0.3) is 0 Å². The maximum atomic E-state index is 13.7. The molecule has 0 spiro atoms. The molecule has 0 aromatic heterocycles. The van der Waals surface area contributed by atoms with Crippen molar-refractivity contribution in [3.8, 4) is 0 Å². The number of carbonyl (C=O) groups is 1. The van der Waals surface area contributed by atoms with Gasteiger partial charge in [0, 0.05) is 11.6 Å². The topological polar surface area (TPSA) is 47.6 Å². The van der Waals surface area contributed by atoms with Crippen LogP contribution in [-0.4, -0.2) is 31.3 Å². The van der Waals surface area contributed by atoms with Crippen molar-refractivity contribution < 1.29 is 18.7 Å². The van der Waals surface area contributed by atoms with Crippen LogP contribution in [0.15, 0.2) is 12.1 Å². The molecule has 1 heterocycles. The van der Waals surface area contributed by atoms with Gasteiger partial charge in [-0.1, -0.05) is 37.0 Å². The molecule has 1 saturated heterocycles. The lowest BCUT2D eigenvalue weighted by Gasteiger charge is -2.25. The first-order valence-corrected chi connectivity index (χ1v) is 9.23. The summed E-state index contributed by atoms with van der Waals surface area (Å²) < 4.78 is 25.0. The Hall–Kier alpha value is -0.880. The summed E-state index contributed by atoms with van der Waals surface area (Å²) in [5.41, 5.74) is 0.471. The predicted octanol–water partition coefficient (Wildman–Crippen LogP) is 4.53. The molecule has 1 aliphatic heterocycles. The molecule has 1 amide bonds. The third-order valence-electron chi connectivity index (χ3n) is 4.21. The Morgan fingerprint density at radius 1 is 1.36 bits per heavy atom. The minimum absolute atomic E-state index is 0.00831. The second-order valence-electron chi connectivity index (χ2n) is 6.65. The molecule has 7 heteroatoms. The van der Waals surface area contributed by atoms with Crippen molar-refractivity contribution in [2.45, 2.75) is 51.9 Å². The molecule has 3 atom stereocenters. The van der Waals surface area contributed by atoms with Crippen LogP contribution in [-0.2, 0) is 14.3 Å². The molecule has 0 radical (unpaired) electrons. The molecule has 140 valence electrons. The van der Waals surface area contributed by atoms with Crippen molar-refractivity contribution in [3.05, 3.63) is 33.6 Å². The molecule has 1 aromatic rings. The van der Waals surface area contributed by atoms with Crippen LogP contribution in [0.2, 0.25) is 10.0 Å². The van der Waals surface area contributed by atoms with Gasteiger partial charge >= 0.3 is 0 Å². The molecule has 0 saturated carbocycles. The number of nitrogens with one attached hydrogen (secondary N) is 1. The van der Waals surface area contributed by atoms with E-state index in [0.717, 1.165) is 19.4 Å². The first-order chi connectivity index (χ1) is 11.8. The molecule has 1 aliphatic rings. The highest BCUT2D eigenvalue weighted by molar-refractivity contribution is 6.35. The second-order valence-corrected chi connectivity index (χ2v) is 7.47. The van der Waals surface area contributed by atoms with E-state index in [1.165, 1.54) is 12.1 Å². The first-order valence-electron chi connectivity index (χ1n) is 8.47. The normalized spacial score (nSPS) is 19.9. The molecule has 1 aromatic carbocycles. The van der Waals surface area contributed by atoms with Gasteiger partial charge in [0.2, 0.25) is 5.91 Å². The van der Waals surface area contributed by atoms with E-state index in [1.807, 2.05) is 13.8 Å². The zero-order chi connectivity index (χ0) is 18.6. The van der Waals surface area contributed by atoms with Gasteiger partial charge in [-0.25, -0.2) is 4.39 Å². The van der Waals surface area contributed by atoms with E-state index in [0.29, 0.717) is 17.2 Å². The van der Waals surface area contributed by atoms with Crippen molar-refractivity contribution >= 4 is 29.1 Å². The maximum Gasteiger partial charge on any atom is 0.249 e. The van der Waals surface area contributed by atoms with Crippen LogP contribution in [0, 0.1) is 11.7 Å². The van der Waals surface area contributed by atoms with E-state index < -0.39 is 18.0 Å². The molecule has 1 fully saturated rings. The van der Waals surface area contributed by atoms with E-state index in [2.05, 4.69) is 5.32 Å². The Kier molecular flexibility index (Phi) is 7.50. The van der Waals surface area contributed by atoms with Crippen molar-refractivity contribution in [1.82, 2.24) is 5.32 Å². The molecule has 1 N–H and O–H groups in total. The van der Waals surface area contributed by atoms with Gasteiger partial charge in [0.15, 0.2) is 0 Å². The first kappa shape index (κ1) is 20.4. The number of ether oxygens (including phenoxy) is 2. The van der Waals surface area contributed by atoms with Gasteiger partial charge in [-0.3, -0.25) is 4.79 Å². The minimum atomic E-state index is -0.609. The fourth-order valence-corrected chi connectivity index (χ4v) is 3.35. The highest BCUT2D eigenvalue weighted by atomic mass is 35.5. The molecule has 4 nitrogen and oxygen atoms in total. The molecule has 2 rings (SSSR count). The average molecular weight is 392 g/mol. The largest absolute Gasteiger partial charge is 0.376 e. The fourth-order valence-electron chi connectivity index (χ4n) is 2.80. The Morgan fingerprint density at radius 3 is 2.68 bits per heavy atom. The van der Waals surface area contributed by atoms with E-state index in [-0.39, 0.29) is 23.0 Å². The highest BCUT2D eigenvalue weighted by Gasteiger charge is 2.27. The van der Waals surface area contributed by atoms with Gasteiger partial charge in [-0.2, -0.15) is 0 Å². The Bertz CT molecular complexity index is 606. The molecule has 0 aliphatic carbocycles. The highest BCUT2D eigenvalue weighted by Crippen LogP contribution is 2.29. The van der Waals surface area contributed by atoms with Crippen molar-refractivity contribution in [1.29, 1.82) is 0 Å². The van der Waals surface area contributed by atoms with E-state index in [1.54, 1.807) is 6.92 Å². The quantitative estimate of drug-likeness (QED) is 0.694. The zero-order valence-electron chi connectivity index (χ0n) is 14.7. The van der Waals surface area contributed by atoms with Gasteiger partial charge in [0.05, 0.1) is 23.8 Å². The third-order valence-corrected chi connectivity index (χ3v) is 4.83. The SMILES string of the molecule is CC(NC(=O)C(OCC1CCCO1)C(C)C)c1cc(F)c(Cl)cc1Cl. The van der Waals surface area contributed by atoms with Crippen LogP contribution >= 0.6 is 23.2 Å². The van der Waals surface area contributed by atoms with Crippen LogP contribution in [0.5, 0.6) is 0 Å². The number of benzene rings is 1. The Labute approximate surface area is 158 Å². The number of amides is 1. The standard InChI is InChI=1S/C18H24Cl2FNO3/c1-10(2)17(25-9-12-5-4-6-24-12)18(23)22-11(3)13-7-16(21)15(20)8-14(13)19/h7-8,10-12,17H,4-6,9H2,1-3H3,(H,22,23). The predicted molar refractivity (Wildman–Crippen MR) is 96.5 cm³/mol. The van der Waals surface area contributed by atoms with Gasteiger partial charge < -0.3 is 14.8 Å². The number of carbonyl (C=O) groups excluding carboxylic acids is 1. The lowest BCUT2D eigenvalue weighted by Crippen LogP contribution is -2.42. The molecule has 25 heavy (non-hydrogen) atoms. The lowest BCUT2D eigenvalue weighted by atomic mass is 10.0.